The Labute approximate surface area is 170 Å². The van der Waals surface area contributed by atoms with E-state index in [0.717, 1.165) is 46.6 Å². The summed E-state index contributed by atoms with van der Waals surface area (Å²) in [4.78, 5) is 34.5. The predicted octanol–water partition coefficient (Wildman–Crippen LogP) is 3.19. The highest BCUT2D eigenvalue weighted by molar-refractivity contribution is 7.99. The van der Waals surface area contributed by atoms with Gasteiger partial charge >= 0.3 is 0 Å². The largest absolute Gasteiger partial charge is 0.322 e. The number of aromatic nitrogens is 4. The van der Waals surface area contributed by atoms with Crippen LogP contribution < -0.4 is 10.9 Å². The number of carbonyl (C=O) groups excluding carboxylic acids is 1. The summed E-state index contributed by atoms with van der Waals surface area (Å²) in [6.07, 6.45) is 3.08. The van der Waals surface area contributed by atoms with E-state index in [-0.39, 0.29) is 17.2 Å². The van der Waals surface area contributed by atoms with Crippen LogP contribution in [0.15, 0.2) is 9.95 Å². The van der Waals surface area contributed by atoms with E-state index in [1.54, 1.807) is 16.0 Å². The first-order valence-corrected chi connectivity index (χ1v) is 11.1. The Balaban J connectivity index is 1.51. The summed E-state index contributed by atoms with van der Waals surface area (Å²) in [7, 11) is 1.85. The SMILES string of the molecule is Cc1nn(C)c(C)c1NC(=O)CSc1nc2sc3c(c2c(=O)[nH]1)CC[C@@H](C)C3. The summed E-state index contributed by atoms with van der Waals surface area (Å²) < 4.78 is 1.74. The third-order valence-electron chi connectivity index (χ3n) is 5.26. The molecular weight excluding hydrogens is 394 g/mol. The van der Waals surface area contributed by atoms with E-state index in [1.165, 1.54) is 22.2 Å². The number of fused-ring (bicyclic) bond motifs is 3. The smallest absolute Gasteiger partial charge is 0.260 e. The molecule has 0 bridgehead atoms. The van der Waals surface area contributed by atoms with Crippen LogP contribution in [0.4, 0.5) is 5.69 Å². The van der Waals surface area contributed by atoms with Gasteiger partial charge in [0.15, 0.2) is 5.16 Å². The summed E-state index contributed by atoms with van der Waals surface area (Å²) >= 11 is 2.86. The summed E-state index contributed by atoms with van der Waals surface area (Å²) in [5, 5.41) is 8.43. The Bertz CT molecular complexity index is 1130. The zero-order valence-corrected chi connectivity index (χ0v) is 18.0. The molecule has 3 heterocycles. The number of thiophene rings is 1. The van der Waals surface area contributed by atoms with Gasteiger partial charge in [0.25, 0.3) is 5.56 Å². The maximum atomic E-state index is 12.6. The summed E-state index contributed by atoms with van der Waals surface area (Å²) in [6.45, 7) is 6.02. The highest BCUT2D eigenvalue weighted by Gasteiger charge is 2.23. The average molecular weight is 418 g/mol. The quantitative estimate of drug-likeness (QED) is 0.502. The molecule has 0 aliphatic heterocycles. The average Bonchev–Trinajstić information content (AvgIpc) is 3.11. The number of anilines is 1. The number of H-pyrrole nitrogens is 1. The summed E-state index contributed by atoms with van der Waals surface area (Å²) in [6, 6.07) is 0. The third kappa shape index (κ3) is 3.48. The van der Waals surface area contributed by atoms with Gasteiger partial charge in [0.1, 0.15) is 4.83 Å². The molecule has 9 heteroatoms. The van der Waals surface area contributed by atoms with E-state index in [1.807, 2.05) is 20.9 Å². The number of amides is 1. The summed E-state index contributed by atoms with van der Waals surface area (Å²) in [5.41, 5.74) is 3.50. The van der Waals surface area contributed by atoms with Crippen molar-refractivity contribution in [2.24, 2.45) is 13.0 Å². The van der Waals surface area contributed by atoms with Gasteiger partial charge in [0.05, 0.1) is 28.2 Å². The molecule has 28 heavy (non-hydrogen) atoms. The van der Waals surface area contributed by atoms with Crippen molar-refractivity contribution in [1.29, 1.82) is 0 Å². The molecule has 0 saturated carbocycles. The molecule has 0 spiro atoms. The number of nitrogens with zero attached hydrogens (tertiary/aromatic N) is 3. The fourth-order valence-corrected chi connectivity index (χ4v) is 5.76. The van der Waals surface area contributed by atoms with Crippen LogP contribution in [0.5, 0.6) is 0 Å². The predicted molar refractivity (Wildman–Crippen MR) is 113 cm³/mol. The fourth-order valence-electron chi connectivity index (χ4n) is 3.66. The van der Waals surface area contributed by atoms with Gasteiger partial charge in [-0.2, -0.15) is 5.10 Å². The van der Waals surface area contributed by atoms with Crippen LogP contribution >= 0.6 is 23.1 Å². The van der Waals surface area contributed by atoms with Crippen molar-refractivity contribution in [2.45, 2.75) is 45.2 Å². The molecule has 0 radical (unpaired) electrons. The van der Waals surface area contributed by atoms with Gasteiger partial charge in [0.2, 0.25) is 5.91 Å². The Morgan fingerprint density at radius 2 is 2.21 bits per heavy atom. The van der Waals surface area contributed by atoms with Crippen LogP contribution in [0, 0.1) is 19.8 Å². The van der Waals surface area contributed by atoms with Gasteiger partial charge in [-0.15, -0.1) is 11.3 Å². The molecule has 7 nitrogen and oxygen atoms in total. The zero-order valence-electron chi connectivity index (χ0n) is 16.4. The monoisotopic (exact) mass is 417 g/mol. The number of nitrogens with one attached hydrogen (secondary N) is 2. The Morgan fingerprint density at radius 1 is 1.43 bits per heavy atom. The second-order valence-corrected chi connectivity index (χ2v) is 9.46. The van der Waals surface area contributed by atoms with Gasteiger partial charge in [-0.1, -0.05) is 18.7 Å². The van der Waals surface area contributed by atoms with Crippen LogP contribution in [0.2, 0.25) is 0 Å². The van der Waals surface area contributed by atoms with Crippen molar-refractivity contribution in [3.63, 3.8) is 0 Å². The number of rotatable bonds is 4. The zero-order chi connectivity index (χ0) is 20.0. The van der Waals surface area contributed by atoms with Gasteiger partial charge < -0.3 is 10.3 Å². The lowest BCUT2D eigenvalue weighted by Gasteiger charge is -2.17. The van der Waals surface area contributed by atoms with Gasteiger partial charge in [0, 0.05) is 11.9 Å². The molecule has 1 amide bonds. The summed E-state index contributed by atoms with van der Waals surface area (Å²) in [5.74, 6) is 0.674. The first kappa shape index (κ1) is 19.2. The van der Waals surface area contributed by atoms with E-state index in [0.29, 0.717) is 11.1 Å². The van der Waals surface area contributed by atoms with E-state index in [2.05, 4.69) is 27.3 Å². The Hall–Kier alpha value is -2.13. The van der Waals surface area contributed by atoms with Crippen LogP contribution in [-0.2, 0) is 24.7 Å². The van der Waals surface area contributed by atoms with E-state index >= 15 is 0 Å². The standard InChI is InChI=1S/C19H23N5O2S2/c1-9-5-6-12-13(7-9)28-18-15(12)17(26)21-19(22-18)27-8-14(25)20-16-10(2)23-24(4)11(16)3/h9H,5-8H2,1-4H3,(H,20,25)(H,21,22,26)/t9-/m1/s1. The van der Waals surface area contributed by atoms with Crippen LogP contribution in [0.25, 0.3) is 10.2 Å². The molecule has 0 unspecified atom stereocenters. The molecule has 1 atom stereocenters. The molecule has 0 saturated heterocycles. The van der Waals surface area contributed by atoms with Crippen LogP contribution in [0.3, 0.4) is 0 Å². The number of hydrogen-bond acceptors (Lipinski definition) is 6. The van der Waals surface area contributed by atoms with Crippen molar-refractivity contribution >= 4 is 44.9 Å². The van der Waals surface area contributed by atoms with Crippen molar-refractivity contribution in [3.05, 3.63) is 32.2 Å². The van der Waals surface area contributed by atoms with E-state index < -0.39 is 0 Å². The number of aromatic amines is 1. The highest BCUT2D eigenvalue weighted by Crippen LogP contribution is 2.36. The highest BCUT2D eigenvalue weighted by atomic mass is 32.2. The molecule has 2 N–H and O–H groups in total. The Kier molecular flexibility index (Phi) is 5.05. The van der Waals surface area contributed by atoms with Gasteiger partial charge in [-0.3, -0.25) is 14.3 Å². The molecule has 4 rings (SSSR count). The second kappa shape index (κ2) is 7.36. The fraction of sp³-hybridized carbons (Fsp3) is 0.474. The van der Waals surface area contributed by atoms with E-state index in [4.69, 9.17) is 0 Å². The van der Waals surface area contributed by atoms with Crippen molar-refractivity contribution in [3.8, 4) is 0 Å². The molecule has 0 fully saturated rings. The van der Waals surface area contributed by atoms with Gasteiger partial charge in [-0.25, -0.2) is 4.98 Å². The molecule has 3 aromatic heterocycles. The molecular formula is C19H23N5O2S2. The second-order valence-electron chi connectivity index (χ2n) is 7.41. The minimum Gasteiger partial charge on any atom is -0.322 e. The third-order valence-corrected chi connectivity index (χ3v) is 7.28. The minimum absolute atomic E-state index is 0.0982. The topological polar surface area (TPSA) is 92.7 Å². The van der Waals surface area contributed by atoms with Crippen LogP contribution in [-0.4, -0.2) is 31.4 Å². The Morgan fingerprint density at radius 3 is 2.93 bits per heavy atom. The molecule has 0 aromatic carbocycles. The normalized spacial score (nSPS) is 16.4. The number of carbonyl (C=O) groups is 1. The number of aryl methyl sites for hydroxylation is 3. The first-order valence-electron chi connectivity index (χ1n) is 9.31. The van der Waals surface area contributed by atoms with Gasteiger partial charge in [-0.05, 0) is 44.6 Å². The maximum Gasteiger partial charge on any atom is 0.260 e. The lowest BCUT2D eigenvalue weighted by molar-refractivity contribution is -0.113. The lowest BCUT2D eigenvalue weighted by atomic mass is 9.89. The maximum absolute atomic E-state index is 12.6. The van der Waals surface area contributed by atoms with Crippen molar-refractivity contribution in [1.82, 2.24) is 19.7 Å². The molecule has 3 aromatic rings. The van der Waals surface area contributed by atoms with Crippen molar-refractivity contribution < 1.29 is 4.79 Å². The van der Waals surface area contributed by atoms with E-state index in [9.17, 15) is 9.59 Å². The number of thioether (sulfide) groups is 1. The molecule has 1 aliphatic carbocycles. The minimum atomic E-state index is -0.147. The lowest BCUT2D eigenvalue weighted by Crippen LogP contribution is -2.17. The molecule has 1 aliphatic rings. The van der Waals surface area contributed by atoms with Crippen LogP contribution in [0.1, 0.15) is 35.2 Å². The van der Waals surface area contributed by atoms with Crippen molar-refractivity contribution in [2.75, 3.05) is 11.1 Å². The first-order chi connectivity index (χ1) is 13.3. The molecule has 148 valence electrons. The number of hydrogen-bond donors (Lipinski definition) is 2.